The number of carbonyl (C=O) groups is 1. The molecule has 1 N–H and O–H groups in total. The molecule has 1 aromatic carbocycles. The molecule has 0 bridgehead atoms. The first-order chi connectivity index (χ1) is 16.7. The second-order valence-electron chi connectivity index (χ2n) is 10.9. The number of rotatable bonds is 8. The molecule has 10 heteroatoms. The molecule has 0 aliphatic carbocycles. The van der Waals surface area contributed by atoms with Gasteiger partial charge in [-0.05, 0) is 66.4 Å². The van der Waals surface area contributed by atoms with Crippen LogP contribution in [0.4, 0.5) is 0 Å². The summed E-state index contributed by atoms with van der Waals surface area (Å²) in [5.74, 6) is -0.184. The Hall–Kier alpha value is -1.16. The smallest absolute Gasteiger partial charge is 0.254 e. The number of halogens is 2. The van der Waals surface area contributed by atoms with Crippen LogP contribution in [0.15, 0.2) is 24.8 Å². The van der Waals surface area contributed by atoms with Crippen molar-refractivity contribution in [2.24, 2.45) is 5.92 Å². The molecule has 5 atom stereocenters. The van der Waals surface area contributed by atoms with Crippen LogP contribution in [-0.4, -0.2) is 57.5 Å². The molecule has 0 saturated carbocycles. The maximum atomic E-state index is 13.2. The number of likely N-dealkylation sites (tertiary alicyclic amines) is 1. The van der Waals surface area contributed by atoms with Crippen molar-refractivity contribution < 1.29 is 23.2 Å². The van der Waals surface area contributed by atoms with Gasteiger partial charge >= 0.3 is 0 Å². The van der Waals surface area contributed by atoms with Crippen molar-refractivity contribution in [1.82, 2.24) is 9.62 Å². The van der Waals surface area contributed by atoms with E-state index >= 15 is 0 Å². The van der Waals surface area contributed by atoms with Gasteiger partial charge < -0.3 is 19.1 Å². The van der Waals surface area contributed by atoms with Crippen LogP contribution in [0.5, 0.6) is 5.75 Å². The highest BCUT2D eigenvalue weighted by Crippen LogP contribution is 2.42. The van der Waals surface area contributed by atoms with Crippen LogP contribution in [0, 0.1) is 5.92 Å². The number of amides is 1. The minimum Gasteiger partial charge on any atom is -0.489 e. The predicted molar refractivity (Wildman–Crippen MR) is 145 cm³/mol. The Balaban J connectivity index is 1.88. The molecule has 0 radical (unpaired) electrons. The Morgan fingerprint density at radius 2 is 2.03 bits per heavy atom. The fourth-order valence-electron chi connectivity index (χ4n) is 4.60. The third-order valence-corrected chi connectivity index (χ3v) is 8.79. The Kier molecular flexibility index (Phi) is 9.56. The molecule has 0 aromatic heterocycles. The van der Waals surface area contributed by atoms with E-state index in [1.165, 1.54) is 0 Å². The second kappa shape index (κ2) is 11.7. The molecule has 2 fully saturated rings. The van der Waals surface area contributed by atoms with Gasteiger partial charge in [-0.1, -0.05) is 35.9 Å². The molecule has 2 saturated heterocycles. The SMILES string of the molecule is C=CCOc1cc(Cl)c(Cl)cc1[C@H](N[S@@](=O)C(C)(C)C)[C@@H]1CCN(C(=O)[C@H]2COC(C)(C)O2)[C@@H](C)C1. The Morgan fingerprint density at radius 1 is 1.36 bits per heavy atom. The van der Waals surface area contributed by atoms with Gasteiger partial charge in [0, 0.05) is 24.2 Å². The van der Waals surface area contributed by atoms with E-state index in [0.29, 0.717) is 41.8 Å². The molecular weight excluding hydrogens is 523 g/mol. The molecule has 202 valence electrons. The quantitative estimate of drug-likeness (QED) is 0.429. The summed E-state index contributed by atoms with van der Waals surface area (Å²) in [6, 6.07) is 3.10. The number of ether oxygens (including phenoxy) is 3. The molecule has 2 heterocycles. The van der Waals surface area contributed by atoms with Crippen LogP contribution in [0.2, 0.25) is 10.0 Å². The zero-order valence-electron chi connectivity index (χ0n) is 21.9. The molecule has 7 nitrogen and oxygen atoms in total. The number of hydrogen-bond acceptors (Lipinski definition) is 5. The van der Waals surface area contributed by atoms with Gasteiger partial charge in [-0.15, -0.1) is 0 Å². The first-order valence-electron chi connectivity index (χ1n) is 12.3. The number of benzene rings is 1. The molecular formula is C26H38Cl2N2O5S. The summed E-state index contributed by atoms with van der Waals surface area (Å²) in [7, 11) is -1.35. The minimum atomic E-state index is -1.35. The second-order valence-corrected chi connectivity index (χ2v) is 13.7. The lowest BCUT2D eigenvalue weighted by Crippen LogP contribution is -2.51. The van der Waals surface area contributed by atoms with E-state index in [9.17, 15) is 9.00 Å². The van der Waals surface area contributed by atoms with Crippen molar-refractivity contribution in [3.05, 3.63) is 40.4 Å². The number of nitrogens with zero attached hydrogens (tertiary/aromatic N) is 1. The Morgan fingerprint density at radius 3 is 2.58 bits per heavy atom. The van der Waals surface area contributed by atoms with E-state index in [0.717, 1.165) is 5.56 Å². The van der Waals surface area contributed by atoms with Crippen molar-refractivity contribution in [2.75, 3.05) is 19.8 Å². The summed E-state index contributed by atoms with van der Waals surface area (Å²) in [6.45, 7) is 16.3. The highest BCUT2D eigenvalue weighted by Gasteiger charge is 2.43. The fraction of sp³-hybridized carbons (Fsp3) is 0.654. The average molecular weight is 562 g/mol. The molecule has 1 amide bonds. The summed E-state index contributed by atoms with van der Waals surface area (Å²) in [6.07, 6.45) is 2.45. The lowest BCUT2D eigenvalue weighted by atomic mass is 9.82. The minimum absolute atomic E-state index is 0.0451. The summed E-state index contributed by atoms with van der Waals surface area (Å²) in [4.78, 5) is 15.1. The van der Waals surface area contributed by atoms with E-state index in [2.05, 4.69) is 11.3 Å². The van der Waals surface area contributed by atoms with Crippen molar-refractivity contribution in [1.29, 1.82) is 0 Å². The lowest BCUT2D eigenvalue weighted by molar-refractivity contribution is -0.163. The number of hydrogen-bond donors (Lipinski definition) is 1. The van der Waals surface area contributed by atoms with Gasteiger partial charge in [0.15, 0.2) is 11.9 Å². The van der Waals surface area contributed by atoms with Crippen molar-refractivity contribution in [3.63, 3.8) is 0 Å². The molecule has 1 aromatic rings. The maximum absolute atomic E-state index is 13.2. The van der Waals surface area contributed by atoms with Crippen molar-refractivity contribution in [3.8, 4) is 5.75 Å². The Labute approximate surface area is 227 Å². The zero-order valence-corrected chi connectivity index (χ0v) is 24.3. The van der Waals surface area contributed by atoms with Gasteiger partial charge in [-0.3, -0.25) is 4.79 Å². The van der Waals surface area contributed by atoms with Gasteiger partial charge in [-0.25, -0.2) is 8.93 Å². The third-order valence-electron chi connectivity index (χ3n) is 6.49. The largest absolute Gasteiger partial charge is 0.489 e. The van der Waals surface area contributed by atoms with Crippen molar-refractivity contribution >= 4 is 40.1 Å². The first-order valence-corrected chi connectivity index (χ1v) is 14.2. The highest BCUT2D eigenvalue weighted by molar-refractivity contribution is 7.84. The predicted octanol–water partition coefficient (Wildman–Crippen LogP) is 5.43. The summed E-state index contributed by atoms with van der Waals surface area (Å²) < 4.78 is 33.5. The van der Waals surface area contributed by atoms with Crippen LogP contribution in [0.3, 0.4) is 0 Å². The van der Waals surface area contributed by atoms with Crippen LogP contribution in [0.1, 0.15) is 66.0 Å². The van der Waals surface area contributed by atoms with Gasteiger partial charge in [0.1, 0.15) is 12.4 Å². The fourth-order valence-corrected chi connectivity index (χ4v) is 5.83. The first kappa shape index (κ1) is 29.4. The van der Waals surface area contributed by atoms with Gasteiger partial charge in [0.05, 0.1) is 38.4 Å². The van der Waals surface area contributed by atoms with Crippen LogP contribution < -0.4 is 9.46 Å². The summed E-state index contributed by atoms with van der Waals surface area (Å²) in [5, 5.41) is 0.776. The summed E-state index contributed by atoms with van der Waals surface area (Å²) >= 11 is 12.7. The standard InChI is InChI=1S/C26H38Cl2N2O5S/c1-8-11-33-21-14-20(28)19(27)13-18(21)23(29-36(32)25(3,4)5)17-9-10-30(16(2)12-17)24(31)22-15-34-26(6,7)35-22/h8,13-14,16-17,22-23,29H,1,9-12,15H2,2-7H3/t16-,17+,22+,23+,36-/m0/s1. The molecule has 0 unspecified atom stereocenters. The highest BCUT2D eigenvalue weighted by atomic mass is 35.5. The maximum Gasteiger partial charge on any atom is 0.254 e. The normalized spacial score (nSPS) is 25.9. The number of carbonyl (C=O) groups excluding carboxylic acids is 1. The van der Waals surface area contributed by atoms with Crippen molar-refractivity contribution in [2.45, 2.75) is 83.1 Å². The summed E-state index contributed by atoms with van der Waals surface area (Å²) in [5.41, 5.74) is 0.787. The third kappa shape index (κ3) is 7.03. The number of piperidine rings is 1. The molecule has 2 aliphatic heterocycles. The van der Waals surface area contributed by atoms with Crippen LogP contribution in [0.25, 0.3) is 0 Å². The number of nitrogens with one attached hydrogen (secondary N) is 1. The van der Waals surface area contributed by atoms with Crippen LogP contribution in [-0.2, 0) is 25.3 Å². The Bertz CT molecular complexity index is 997. The van der Waals surface area contributed by atoms with Gasteiger partial charge in [-0.2, -0.15) is 0 Å². The molecule has 36 heavy (non-hydrogen) atoms. The van der Waals surface area contributed by atoms with Gasteiger partial charge in [0.25, 0.3) is 5.91 Å². The topological polar surface area (TPSA) is 77.1 Å². The zero-order chi connectivity index (χ0) is 26.8. The lowest BCUT2D eigenvalue weighted by Gasteiger charge is -2.42. The van der Waals surface area contributed by atoms with Gasteiger partial charge in [0.2, 0.25) is 0 Å². The van der Waals surface area contributed by atoms with E-state index < -0.39 is 27.6 Å². The van der Waals surface area contributed by atoms with E-state index in [-0.39, 0.29) is 30.5 Å². The molecule has 0 spiro atoms. The van der Waals surface area contributed by atoms with E-state index in [4.69, 9.17) is 37.4 Å². The van der Waals surface area contributed by atoms with E-state index in [1.54, 1.807) is 18.2 Å². The average Bonchev–Trinajstić information content (AvgIpc) is 3.16. The molecule has 3 rings (SSSR count). The monoisotopic (exact) mass is 560 g/mol. The van der Waals surface area contributed by atoms with E-state index in [1.807, 2.05) is 46.4 Å². The van der Waals surface area contributed by atoms with Crippen LogP contribution >= 0.6 is 23.2 Å². The molecule has 2 aliphatic rings.